The molecule has 0 radical (unpaired) electrons. The van der Waals surface area contributed by atoms with Crippen LogP contribution in [0.4, 0.5) is 4.39 Å². The average Bonchev–Trinajstić information content (AvgIpc) is 2.54. The van der Waals surface area contributed by atoms with Crippen molar-refractivity contribution < 1.29 is 14.3 Å². The maximum absolute atomic E-state index is 13.4. The molecular formula is C14H16FNO2. The van der Waals surface area contributed by atoms with E-state index in [1.165, 1.54) is 12.1 Å². The van der Waals surface area contributed by atoms with Crippen LogP contribution in [0.15, 0.2) is 24.4 Å². The molecule has 1 aromatic heterocycles. The second-order valence-electron chi connectivity index (χ2n) is 5.27. The van der Waals surface area contributed by atoms with E-state index in [-0.39, 0.29) is 12.2 Å². The predicted molar refractivity (Wildman–Crippen MR) is 68.2 cm³/mol. The highest BCUT2D eigenvalue weighted by Gasteiger charge is 2.27. The Hall–Kier alpha value is -1.84. The molecule has 0 amide bonds. The van der Waals surface area contributed by atoms with Gasteiger partial charge in [0.25, 0.3) is 0 Å². The Morgan fingerprint density at radius 3 is 2.72 bits per heavy atom. The molecule has 1 heterocycles. The molecule has 3 nitrogen and oxygen atoms in total. The molecule has 0 aliphatic heterocycles. The molecule has 0 aliphatic rings. The molecule has 0 atom stereocenters. The second-order valence-corrected chi connectivity index (χ2v) is 5.27. The summed E-state index contributed by atoms with van der Waals surface area (Å²) in [5, 5.41) is 9.74. The zero-order chi connectivity index (χ0) is 13.5. The van der Waals surface area contributed by atoms with Gasteiger partial charge in [-0.3, -0.25) is 4.79 Å². The number of carboxylic acids is 1. The van der Waals surface area contributed by atoms with Gasteiger partial charge in [0.05, 0.1) is 6.42 Å². The van der Waals surface area contributed by atoms with E-state index in [0.29, 0.717) is 0 Å². The number of halogens is 1. The van der Waals surface area contributed by atoms with E-state index < -0.39 is 11.4 Å². The monoisotopic (exact) mass is 249 g/mol. The van der Waals surface area contributed by atoms with E-state index >= 15 is 0 Å². The SMILES string of the molecule is Cn1cc(C(C)(C)CC(=O)O)c2cc(F)ccc21. The number of carbonyl (C=O) groups is 1. The van der Waals surface area contributed by atoms with Crippen LogP contribution in [0.1, 0.15) is 25.8 Å². The van der Waals surface area contributed by atoms with Crippen molar-refractivity contribution in [3.8, 4) is 0 Å². The molecule has 1 aromatic carbocycles. The molecule has 0 fully saturated rings. The Labute approximate surface area is 105 Å². The number of aromatic nitrogens is 1. The van der Waals surface area contributed by atoms with Gasteiger partial charge in [-0.25, -0.2) is 4.39 Å². The van der Waals surface area contributed by atoms with Gasteiger partial charge in [0, 0.05) is 29.6 Å². The van der Waals surface area contributed by atoms with Gasteiger partial charge >= 0.3 is 5.97 Å². The van der Waals surface area contributed by atoms with Gasteiger partial charge in [0.2, 0.25) is 0 Å². The summed E-state index contributed by atoms with van der Waals surface area (Å²) in [7, 11) is 1.88. The first-order chi connectivity index (χ1) is 8.31. The van der Waals surface area contributed by atoms with Crippen molar-refractivity contribution in [2.24, 2.45) is 7.05 Å². The van der Waals surface area contributed by atoms with E-state index in [4.69, 9.17) is 5.11 Å². The van der Waals surface area contributed by atoms with Crippen molar-refractivity contribution >= 4 is 16.9 Å². The van der Waals surface area contributed by atoms with Crippen molar-refractivity contribution in [2.45, 2.75) is 25.7 Å². The molecule has 2 rings (SSSR count). The van der Waals surface area contributed by atoms with Crippen LogP contribution in [-0.2, 0) is 17.3 Å². The number of hydrogen-bond donors (Lipinski definition) is 1. The molecule has 0 aliphatic carbocycles. The van der Waals surface area contributed by atoms with Crippen LogP contribution < -0.4 is 0 Å². The average molecular weight is 249 g/mol. The minimum absolute atomic E-state index is 0.0165. The Balaban J connectivity index is 2.64. The second kappa shape index (κ2) is 4.12. The Kier molecular flexibility index (Phi) is 2.89. The molecule has 96 valence electrons. The normalized spacial score (nSPS) is 12.0. The van der Waals surface area contributed by atoms with Gasteiger partial charge in [-0.15, -0.1) is 0 Å². The smallest absolute Gasteiger partial charge is 0.304 e. The lowest BCUT2D eigenvalue weighted by Gasteiger charge is -2.22. The summed E-state index contributed by atoms with van der Waals surface area (Å²) < 4.78 is 15.2. The summed E-state index contributed by atoms with van der Waals surface area (Å²) in [5.41, 5.74) is 1.24. The molecule has 0 bridgehead atoms. The van der Waals surface area contributed by atoms with Crippen LogP contribution in [0.3, 0.4) is 0 Å². The molecule has 18 heavy (non-hydrogen) atoms. The quantitative estimate of drug-likeness (QED) is 0.908. The molecule has 0 unspecified atom stereocenters. The minimum Gasteiger partial charge on any atom is -0.481 e. The van der Waals surface area contributed by atoms with Crippen LogP contribution in [0.5, 0.6) is 0 Å². The van der Waals surface area contributed by atoms with Crippen molar-refractivity contribution in [3.05, 3.63) is 35.8 Å². The van der Waals surface area contributed by atoms with Crippen LogP contribution in [0.2, 0.25) is 0 Å². The minimum atomic E-state index is -0.853. The van der Waals surface area contributed by atoms with Crippen molar-refractivity contribution in [3.63, 3.8) is 0 Å². The first-order valence-corrected chi connectivity index (χ1v) is 5.78. The number of fused-ring (bicyclic) bond motifs is 1. The maximum Gasteiger partial charge on any atom is 0.304 e. The Morgan fingerprint density at radius 1 is 1.44 bits per heavy atom. The van der Waals surface area contributed by atoms with Crippen LogP contribution in [0, 0.1) is 5.82 Å². The predicted octanol–water partition coefficient (Wildman–Crippen LogP) is 3.07. The summed E-state index contributed by atoms with van der Waals surface area (Å²) in [6.07, 6.45) is 1.90. The van der Waals surface area contributed by atoms with E-state index in [2.05, 4.69) is 0 Å². The highest BCUT2D eigenvalue weighted by atomic mass is 19.1. The standard InChI is InChI=1S/C14H16FNO2/c1-14(2,7-13(17)18)11-8-16(3)12-5-4-9(15)6-10(11)12/h4-6,8H,7H2,1-3H3,(H,17,18). The fourth-order valence-electron chi connectivity index (χ4n) is 2.38. The summed E-state index contributed by atoms with van der Waals surface area (Å²) in [6.45, 7) is 3.72. The number of nitrogens with zero attached hydrogens (tertiary/aromatic N) is 1. The third-order valence-electron chi connectivity index (χ3n) is 3.27. The number of rotatable bonds is 3. The summed E-state index contributed by atoms with van der Waals surface area (Å²) in [5.74, 6) is -1.16. The highest BCUT2D eigenvalue weighted by molar-refractivity contribution is 5.86. The zero-order valence-electron chi connectivity index (χ0n) is 10.7. The first-order valence-electron chi connectivity index (χ1n) is 5.78. The number of aliphatic carboxylic acids is 1. The lowest BCUT2D eigenvalue weighted by atomic mass is 9.81. The molecular weight excluding hydrogens is 233 g/mol. The maximum atomic E-state index is 13.4. The molecule has 0 saturated carbocycles. The van der Waals surface area contributed by atoms with Gasteiger partial charge < -0.3 is 9.67 Å². The molecule has 0 spiro atoms. The number of carboxylic acid groups (broad SMARTS) is 1. The molecule has 0 saturated heterocycles. The summed E-state index contributed by atoms with van der Waals surface area (Å²) in [6, 6.07) is 4.59. The molecule has 4 heteroatoms. The largest absolute Gasteiger partial charge is 0.481 e. The van der Waals surface area contributed by atoms with E-state index in [1.54, 1.807) is 6.07 Å². The molecule has 2 aromatic rings. The van der Waals surface area contributed by atoms with Crippen molar-refractivity contribution in [1.82, 2.24) is 4.57 Å². The van der Waals surface area contributed by atoms with Gasteiger partial charge in [0.1, 0.15) is 5.82 Å². The van der Waals surface area contributed by atoms with Crippen molar-refractivity contribution in [2.75, 3.05) is 0 Å². The lowest BCUT2D eigenvalue weighted by Crippen LogP contribution is -2.21. The van der Waals surface area contributed by atoms with Gasteiger partial charge in [-0.05, 0) is 23.8 Å². The zero-order valence-corrected chi connectivity index (χ0v) is 10.7. The van der Waals surface area contributed by atoms with Crippen LogP contribution in [0.25, 0.3) is 10.9 Å². The summed E-state index contributed by atoms with van der Waals surface area (Å²) in [4.78, 5) is 10.9. The number of hydrogen-bond acceptors (Lipinski definition) is 1. The third kappa shape index (κ3) is 2.10. The summed E-state index contributed by atoms with van der Waals surface area (Å²) >= 11 is 0. The van der Waals surface area contributed by atoms with Gasteiger partial charge in [0.15, 0.2) is 0 Å². The number of benzene rings is 1. The fraction of sp³-hybridized carbons (Fsp3) is 0.357. The Morgan fingerprint density at radius 2 is 2.11 bits per heavy atom. The van der Waals surface area contributed by atoms with Crippen LogP contribution >= 0.6 is 0 Å². The third-order valence-corrected chi connectivity index (χ3v) is 3.27. The fourth-order valence-corrected chi connectivity index (χ4v) is 2.38. The van der Waals surface area contributed by atoms with E-state index in [1.807, 2.05) is 31.7 Å². The first kappa shape index (κ1) is 12.6. The molecule has 1 N–H and O–H groups in total. The van der Waals surface area contributed by atoms with E-state index in [9.17, 15) is 9.18 Å². The lowest BCUT2D eigenvalue weighted by molar-refractivity contribution is -0.138. The van der Waals surface area contributed by atoms with Crippen LogP contribution in [-0.4, -0.2) is 15.6 Å². The van der Waals surface area contributed by atoms with Gasteiger partial charge in [-0.1, -0.05) is 13.8 Å². The van der Waals surface area contributed by atoms with E-state index in [0.717, 1.165) is 16.5 Å². The topological polar surface area (TPSA) is 42.2 Å². The Bertz CT molecular complexity index is 614. The number of aryl methyl sites for hydroxylation is 1. The van der Waals surface area contributed by atoms with Crippen molar-refractivity contribution in [1.29, 1.82) is 0 Å². The van der Waals surface area contributed by atoms with Gasteiger partial charge in [-0.2, -0.15) is 0 Å². The highest BCUT2D eigenvalue weighted by Crippen LogP contribution is 2.34.